The monoisotopic (exact) mass is 263 g/mol. The van der Waals surface area contributed by atoms with Gasteiger partial charge in [0.05, 0.1) is 7.11 Å². The van der Waals surface area contributed by atoms with Gasteiger partial charge in [-0.1, -0.05) is 25.0 Å². The van der Waals surface area contributed by atoms with Crippen LogP contribution in [0.5, 0.6) is 5.75 Å². The summed E-state index contributed by atoms with van der Waals surface area (Å²) in [7, 11) is 1.63. The van der Waals surface area contributed by atoms with Crippen LogP contribution in [-0.2, 0) is 11.2 Å². The topological polar surface area (TPSA) is 58.6 Å². The quantitative estimate of drug-likeness (QED) is 0.874. The number of nitrogens with one attached hydrogen (secondary N) is 1. The third kappa shape index (κ3) is 3.26. The maximum atomic E-state index is 11.7. The van der Waals surface area contributed by atoms with Gasteiger partial charge in [0.1, 0.15) is 11.3 Å². The van der Waals surface area contributed by atoms with Crippen LogP contribution in [0.3, 0.4) is 0 Å². The van der Waals surface area contributed by atoms with E-state index >= 15 is 0 Å². The molecule has 1 aromatic carbocycles. The molecule has 1 heterocycles. The molecule has 4 nitrogen and oxygen atoms in total. The van der Waals surface area contributed by atoms with E-state index in [1.54, 1.807) is 7.11 Å². The predicted molar refractivity (Wildman–Crippen MR) is 73.5 cm³/mol. The normalized spacial score (nSPS) is 23.6. The Bertz CT molecular complexity index is 420. The van der Waals surface area contributed by atoms with Crippen LogP contribution in [0.15, 0.2) is 24.3 Å². The highest BCUT2D eigenvalue weighted by Crippen LogP contribution is 2.25. The summed E-state index contributed by atoms with van der Waals surface area (Å²) >= 11 is 0. The molecule has 2 rings (SSSR count). The second-order valence-electron chi connectivity index (χ2n) is 5.15. The first-order valence-electron chi connectivity index (χ1n) is 6.78. The van der Waals surface area contributed by atoms with Crippen molar-refractivity contribution in [2.75, 3.05) is 13.7 Å². The molecule has 1 aromatic rings. The van der Waals surface area contributed by atoms with Gasteiger partial charge in [0.25, 0.3) is 0 Å². The van der Waals surface area contributed by atoms with Crippen LogP contribution >= 0.6 is 0 Å². The SMILES string of the molecule is COc1ccc(C[C@]2(C(=O)O)CCCCCN2)cc1. The Morgan fingerprint density at radius 1 is 1.32 bits per heavy atom. The van der Waals surface area contributed by atoms with Gasteiger partial charge >= 0.3 is 5.97 Å². The van der Waals surface area contributed by atoms with E-state index in [4.69, 9.17) is 4.74 Å². The summed E-state index contributed by atoms with van der Waals surface area (Å²) in [5, 5.41) is 12.8. The largest absolute Gasteiger partial charge is 0.497 e. The summed E-state index contributed by atoms with van der Waals surface area (Å²) in [6.07, 6.45) is 4.33. The molecular formula is C15H21NO3. The van der Waals surface area contributed by atoms with Crippen molar-refractivity contribution in [2.45, 2.75) is 37.6 Å². The van der Waals surface area contributed by atoms with Crippen LogP contribution in [0.4, 0.5) is 0 Å². The van der Waals surface area contributed by atoms with Crippen molar-refractivity contribution in [3.8, 4) is 5.75 Å². The van der Waals surface area contributed by atoms with Crippen LogP contribution in [0.25, 0.3) is 0 Å². The Balaban J connectivity index is 2.17. The minimum Gasteiger partial charge on any atom is -0.497 e. The van der Waals surface area contributed by atoms with Crippen molar-refractivity contribution in [1.29, 1.82) is 0 Å². The lowest BCUT2D eigenvalue weighted by Gasteiger charge is -2.29. The highest BCUT2D eigenvalue weighted by molar-refractivity contribution is 5.79. The third-order valence-electron chi connectivity index (χ3n) is 3.82. The summed E-state index contributed by atoms with van der Waals surface area (Å²) in [4.78, 5) is 11.7. The summed E-state index contributed by atoms with van der Waals surface area (Å²) in [6.45, 7) is 0.780. The maximum Gasteiger partial charge on any atom is 0.324 e. The molecule has 1 fully saturated rings. The molecule has 0 aliphatic carbocycles. The minimum atomic E-state index is -0.814. The summed E-state index contributed by atoms with van der Waals surface area (Å²) in [6, 6.07) is 7.63. The van der Waals surface area contributed by atoms with Crippen LogP contribution in [0.1, 0.15) is 31.2 Å². The lowest BCUT2D eigenvalue weighted by molar-refractivity contribution is -0.145. The van der Waals surface area contributed by atoms with E-state index in [1.807, 2.05) is 24.3 Å². The van der Waals surface area contributed by atoms with E-state index < -0.39 is 11.5 Å². The molecule has 2 N–H and O–H groups in total. The van der Waals surface area contributed by atoms with Crippen molar-refractivity contribution in [1.82, 2.24) is 5.32 Å². The molecule has 0 amide bonds. The molecule has 104 valence electrons. The number of carbonyl (C=O) groups is 1. The van der Waals surface area contributed by atoms with Crippen LogP contribution in [0, 0.1) is 0 Å². The second-order valence-corrected chi connectivity index (χ2v) is 5.15. The van der Waals surface area contributed by atoms with Crippen molar-refractivity contribution < 1.29 is 14.6 Å². The highest BCUT2D eigenvalue weighted by Gasteiger charge is 2.38. The van der Waals surface area contributed by atoms with Crippen LogP contribution in [-0.4, -0.2) is 30.3 Å². The lowest BCUT2D eigenvalue weighted by Crippen LogP contribution is -2.53. The molecule has 1 aliphatic rings. The van der Waals surface area contributed by atoms with Gasteiger partial charge < -0.3 is 15.2 Å². The van der Waals surface area contributed by atoms with E-state index in [0.29, 0.717) is 12.8 Å². The predicted octanol–water partition coefficient (Wildman–Crippen LogP) is 2.22. The van der Waals surface area contributed by atoms with E-state index in [2.05, 4.69) is 5.32 Å². The van der Waals surface area contributed by atoms with Crippen molar-refractivity contribution in [3.63, 3.8) is 0 Å². The molecule has 0 bridgehead atoms. The molecule has 4 heteroatoms. The van der Waals surface area contributed by atoms with Crippen LogP contribution in [0.2, 0.25) is 0 Å². The van der Waals surface area contributed by atoms with Gasteiger partial charge in [0, 0.05) is 6.42 Å². The first-order valence-corrected chi connectivity index (χ1v) is 6.78. The summed E-state index contributed by atoms with van der Waals surface area (Å²) < 4.78 is 5.12. The van der Waals surface area contributed by atoms with Gasteiger partial charge in [0.15, 0.2) is 0 Å². The average Bonchev–Trinajstić information content (AvgIpc) is 2.66. The van der Waals surface area contributed by atoms with Gasteiger partial charge in [-0.05, 0) is 37.1 Å². The number of hydrogen-bond acceptors (Lipinski definition) is 3. The number of carboxylic acid groups (broad SMARTS) is 1. The van der Waals surface area contributed by atoms with E-state index in [-0.39, 0.29) is 0 Å². The van der Waals surface area contributed by atoms with Gasteiger partial charge in [-0.15, -0.1) is 0 Å². The Kier molecular flexibility index (Phi) is 4.43. The maximum absolute atomic E-state index is 11.7. The molecule has 1 atom stereocenters. The number of hydrogen-bond donors (Lipinski definition) is 2. The van der Waals surface area contributed by atoms with Gasteiger partial charge in [-0.25, -0.2) is 0 Å². The summed E-state index contributed by atoms with van der Waals surface area (Å²) in [5.74, 6) is 0.0483. The number of methoxy groups -OCH3 is 1. The second kappa shape index (κ2) is 6.06. The fourth-order valence-electron chi connectivity index (χ4n) is 2.65. The van der Waals surface area contributed by atoms with Crippen molar-refractivity contribution >= 4 is 5.97 Å². The highest BCUT2D eigenvalue weighted by atomic mass is 16.5. The lowest BCUT2D eigenvalue weighted by atomic mass is 9.86. The van der Waals surface area contributed by atoms with Gasteiger partial charge in [-0.3, -0.25) is 4.79 Å². The molecule has 0 saturated carbocycles. The molecular weight excluding hydrogens is 242 g/mol. The molecule has 0 unspecified atom stereocenters. The average molecular weight is 263 g/mol. The number of carboxylic acids is 1. The fraction of sp³-hybridized carbons (Fsp3) is 0.533. The number of rotatable bonds is 4. The van der Waals surface area contributed by atoms with E-state index in [9.17, 15) is 9.90 Å². The number of ether oxygens (including phenoxy) is 1. The number of benzene rings is 1. The zero-order valence-electron chi connectivity index (χ0n) is 11.3. The minimum absolute atomic E-state index is 0.520. The molecule has 0 radical (unpaired) electrons. The fourth-order valence-corrected chi connectivity index (χ4v) is 2.65. The van der Waals surface area contributed by atoms with E-state index in [0.717, 1.165) is 37.1 Å². The van der Waals surface area contributed by atoms with Crippen LogP contribution < -0.4 is 10.1 Å². The van der Waals surface area contributed by atoms with E-state index in [1.165, 1.54) is 0 Å². The molecule has 19 heavy (non-hydrogen) atoms. The summed E-state index contributed by atoms with van der Waals surface area (Å²) in [5.41, 5.74) is 0.211. The van der Waals surface area contributed by atoms with Crippen molar-refractivity contribution in [3.05, 3.63) is 29.8 Å². The number of aliphatic carboxylic acids is 1. The molecule has 0 aromatic heterocycles. The Hall–Kier alpha value is -1.55. The zero-order valence-corrected chi connectivity index (χ0v) is 11.3. The Morgan fingerprint density at radius 2 is 2.05 bits per heavy atom. The Morgan fingerprint density at radius 3 is 2.68 bits per heavy atom. The molecule has 1 aliphatic heterocycles. The van der Waals surface area contributed by atoms with Gasteiger partial charge in [-0.2, -0.15) is 0 Å². The zero-order chi connectivity index (χ0) is 13.7. The van der Waals surface area contributed by atoms with Crippen molar-refractivity contribution in [2.24, 2.45) is 0 Å². The molecule has 0 spiro atoms. The molecule has 1 saturated heterocycles. The smallest absolute Gasteiger partial charge is 0.324 e. The van der Waals surface area contributed by atoms with Gasteiger partial charge in [0.2, 0.25) is 0 Å². The Labute approximate surface area is 113 Å². The first kappa shape index (κ1) is 13.9. The standard InChI is InChI=1S/C15H21NO3/c1-19-13-7-5-12(6-8-13)11-15(14(17)18)9-3-2-4-10-16-15/h5-8,16H,2-4,9-11H2,1H3,(H,17,18)/t15-/m0/s1. The third-order valence-corrected chi connectivity index (χ3v) is 3.82. The first-order chi connectivity index (χ1) is 9.16.